The summed E-state index contributed by atoms with van der Waals surface area (Å²) in [5.41, 5.74) is 1.29. The average Bonchev–Trinajstić information content (AvgIpc) is 3.01. The van der Waals surface area contributed by atoms with Crippen LogP contribution in [-0.2, 0) is 10.2 Å². The SMILES string of the molecule is CN=C(NCCOC)NCC1(c2ccc(F)cc2)CCCC1. The van der Waals surface area contributed by atoms with Gasteiger partial charge in [-0.25, -0.2) is 4.39 Å². The molecule has 5 heteroatoms. The lowest BCUT2D eigenvalue weighted by atomic mass is 9.79. The topological polar surface area (TPSA) is 45.7 Å². The molecular formula is C17H26FN3O. The summed E-state index contributed by atoms with van der Waals surface area (Å²) >= 11 is 0. The summed E-state index contributed by atoms with van der Waals surface area (Å²) in [4.78, 5) is 4.24. The van der Waals surface area contributed by atoms with Crippen molar-refractivity contribution in [2.24, 2.45) is 4.99 Å². The second-order valence-corrected chi connectivity index (χ2v) is 5.84. The Morgan fingerprint density at radius 3 is 2.50 bits per heavy atom. The van der Waals surface area contributed by atoms with E-state index in [1.165, 1.54) is 18.4 Å². The maximum Gasteiger partial charge on any atom is 0.191 e. The van der Waals surface area contributed by atoms with Crippen LogP contribution in [0.2, 0.25) is 0 Å². The molecule has 1 aliphatic carbocycles. The first-order valence-corrected chi connectivity index (χ1v) is 7.90. The van der Waals surface area contributed by atoms with E-state index >= 15 is 0 Å². The van der Waals surface area contributed by atoms with Gasteiger partial charge in [0.05, 0.1) is 6.61 Å². The molecular weight excluding hydrogens is 281 g/mol. The summed E-state index contributed by atoms with van der Waals surface area (Å²) in [6, 6.07) is 6.95. The van der Waals surface area contributed by atoms with Crippen LogP contribution >= 0.6 is 0 Å². The minimum Gasteiger partial charge on any atom is -0.383 e. The zero-order valence-electron chi connectivity index (χ0n) is 13.5. The number of aliphatic imine (C=N–C) groups is 1. The number of ether oxygens (including phenoxy) is 1. The Bertz CT molecular complexity index is 481. The molecule has 1 fully saturated rings. The fraction of sp³-hybridized carbons (Fsp3) is 0.588. The van der Waals surface area contributed by atoms with Crippen molar-refractivity contribution in [3.8, 4) is 0 Å². The van der Waals surface area contributed by atoms with Crippen molar-refractivity contribution in [3.05, 3.63) is 35.6 Å². The second-order valence-electron chi connectivity index (χ2n) is 5.84. The van der Waals surface area contributed by atoms with Crippen molar-refractivity contribution in [3.63, 3.8) is 0 Å². The molecule has 0 heterocycles. The van der Waals surface area contributed by atoms with Gasteiger partial charge in [-0.2, -0.15) is 0 Å². The zero-order valence-corrected chi connectivity index (χ0v) is 13.5. The molecule has 0 atom stereocenters. The van der Waals surface area contributed by atoms with Gasteiger partial charge in [-0.15, -0.1) is 0 Å². The van der Waals surface area contributed by atoms with E-state index in [0.717, 1.165) is 31.9 Å². The van der Waals surface area contributed by atoms with Crippen LogP contribution in [0, 0.1) is 5.82 Å². The smallest absolute Gasteiger partial charge is 0.191 e. The van der Waals surface area contributed by atoms with Crippen molar-refractivity contribution >= 4 is 5.96 Å². The van der Waals surface area contributed by atoms with Crippen molar-refractivity contribution in [2.75, 3.05) is 33.9 Å². The quantitative estimate of drug-likeness (QED) is 0.482. The number of nitrogens with one attached hydrogen (secondary N) is 2. The molecule has 0 aliphatic heterocycles. The van der Waals surface area contributed by atoms with Gasteiger partial charge in [0, 0.05) is 32.7 Å². The predicted molar refractivity (Wildman–Crippen MR) is 87.8 cm³/mol. The number of benzene rings is 1. The van der Waals surface area contributed by atoms with Crippen molar-refractivity contribution in [2.45, 2.75) is 31.1 Å². The average molecular weight is 307 g/mol. The van der Waals surface area contributed by atoms with Crippen LogP contribution < -0.4 is 10.6 Å². The Hall–Kier alpha value is -1.62. The number of hydrogen-bond donors (Lipinski definition) is 2. The van der Waals surface area contributed by atoms with Gasteiger partial charge in [0.15, 0.2) is 5.96 Å². The Morgan fingerprint density at radius 1 is 1.23 bits per heavy atom. The first kappa shape index (κ1) is 16.7. The maximum atomic E-state index is 13.2. The summed E-state index contributed by atoms with van der Waals surface area (Å²) in [6.45, 7) is 2.18. The summed E-state index contributed by atoms with van der Waals surface area (Å²) in [5.74, 6) is 0.604. The van der Waals surface area contributed by atoms with Crippen molar-refractivity contribution in [1.29, 1.82) is 0 Å². The molecule has 0 saturated heterocycles. The molecule has 1 saturated carbocycles. The Morgan fingerprint density at radius 2 is 1.91 bits per heavy atom. The van der Waals surface area contributed by atoms with Gasteiger partial charge in [0.25, 0.3) is 0 Å². The number of halogens is 1. The molecule has 0 unspecified atom stereocenters. The highest BCUT2D eigenvalue weighted by atomic mass is 19.1. The Labute approximate surface area is 132 Å². The third kappa shape index (κ3) is 4.19. The number of methoxy groups -OCH3 is 1. The molecule has 2 N–H and O–H groups in total. The maximum absolute atomic E-state index is 13.2. The molecule has 0 bridgehead atoms. The minimum atomic E-state index is -0.179. The lowest BCUT2D eigenvalue weighted by Gasteiger charge is -2.30. The van der Waals surface area contributed by atoms with E-state index in [2.05, 4.69) is 15.6 Å². The standard InChI is InChI=1S/C17H26FN3O/c1-19-16(20-11-12-22-2)21-13-17(9-3-4-10-17)14-5-7-15(18)8-6-14/h5-8H,3-4,9-13H2,1-2H3,(H2,19,20,21). The van der Waals surface area contributed by atoms with Crippen LogP contribution in [0.3, 0.4) is 0 Å². The molecule has 0 aromatic heterocycles. The number of guanidine groups is 1. The normalized spacial score (nSPS) is 17.5. The summed E-state index contributed by atoms with van der Waals surface area (Å²) in [6.07, 6.45) is 4.69. The van der Waals surface area contributed by atoms with Gasteiger partial charge in [-0.05, 0) is 30.5 Å². The van der Waals surface area contributed by atoms with Crippen LogP contribution in [-0.4, -0.2) is 39.8 Å². The molecule has 0 radical (unpaired) electrons. The van der Waals surface area contributed by atoms with Crippen LogP contribution in [0.5, 0.6) is 0 Å². The third-order valence-electron chi connectivity index (χ3n) is 4.43. The van der Waals surface area contributed by atoms with Gasteiger partial charge >= 0.3 is 0 Å². The molecule has 4 nitrogen and oxygen atoms in total. The van der Waals surface area contributed by atoms with Crippen LogP contribution in [0.25, 0.3) is 0 Å². The number of rotatable bonds is 6. The molecule has 0 spiro atoms. The van der Waals surface area contributed by atoms with E-state index in [1.807, 2.05) is 12.1 Å². The highest BCUT2D eigenvalue weighted by Crippen LogP contribution is 2.40. The summed E-state index contributed by atoms with van der Waals surface area (Å²) < 4.78 is 18.2. The first-order chi connectivity index (χ1) is 10.7. The van der Waals surface area contributed by atoms with Gasteiger partial charge < -0.3 is 15.4 Å². The Kier molecular flexibility index (Phi) is 6.19. The molecule has 0 amide bonds. The first-order valence-electron chi connectivity index (χ1n) is 7.90. The van der Waals surface area contributed by atoms with Crippen molar-refractivity contribution in [1.82, 2.24) is 10.6 Å². The van der Waals surface area contributed by atoms with Gasteiger partial charge in [0.1, 0.15) is 5.82 Å². The molecule has 1 aromatic rings. The predicted octanol–water partition coefficient (Wildman–Crippen LogP) is 2.45. The van der Waals surface area contributed by atoms with E-state index in [4.69, 9.17) is 4.74 Å². The van der Waals surface area contributed by atoms with Crippen LogP contribution in [0.1, 0.15) is 31.2 Å². The van der Waals surface area contributed by atoms with Gasteiger partial charge in [-0.1, -0.05) is 25.0 Å². The summed E-state index contributed by atoms with van der Waals surface area (Å²) in [7, 11) is 3.45. The van der Waals surface area contributed by atoms with E-state index in [0.29, 0.717) is 6.61 Å². The lowest BCUT2D eigenvalue weighted by molar-refractivity contribution is 0.203. The van der Waals surface area contributed by atoms with Crippen LogP contribution in [0.15, 0.2) is 29.3 Å². The largest absolute Gasteiger partial charge is 0.383 e. The van der Waals surface area contributed by atoms with Gasteiger partial charge in [-0.3, -0.25) is 4.99 Å². The molecule has 22 heavy (non-hydrogen) atoms. The molecule has 1 aromatic carbocycles. The van der Waals surface area contributed by atoms with E-state index in [9.17, 15) is 4.39 Å². The fourth-order valence-electron chi connectivity index (χ4n) is 3.17. The highest BCUT2D eigenvalue weighted by molar-refractivity contribution is 5.79. The minimum absolute atomic E-state index is 0.0760. The number of nitrogens with zero attached hydrogens (tertiary/aromatic N) is 1. The molecule has 122 valence electrons. The fourth-order valence-corrected chi connectivity index (χ4v) is 3.17. The monoisotopic (exact) mass is 307 g/mol. The van der Waals surface area contributed by atoms with Crippen molar-refractivity contribution < 1.29 is 9.13 Å². The zero-order chi connectivity index (χ0) is 15.8. The Balaban J connectivity index is 2.01. The molecule has 2 rings (SSSR count). The third-order valence-corrected chi connectivity index (χ3v) is 4.43. The van der Waals surface area contributed by atoms with Gasteiger partial charge in [0.2, 0.25) is 0 Å². The number of hydrogen-bond acceptors (Lipinski definition) is 2. The summed E-state index contributed by atoms with van der Waals surface area (Å²) in [5, 5.41) is 6.64. The van der Waals surface area contributed by atoms with E-state index in [-0.39, 0.29) is 11.2 Å². The van der Waals surface area contributed by atoms with Crippen LogP contribution in [0.4, 0.5) is 4.39 Å². The highest BCUT2D eigenvalue weighted by Gasteiger charge is 2.35. The lowest BCUT2D eigenvalue weighted by Crippen LogP contribution is -2.45. The van der Waals surface area contributed by atoms with E-state index in [1.54, 1.807) is 26.3 Å². The van der Waals surface area contributed by atoms with E-state index < -0.39 is 0 Å². The second kappa shape index (κ2) is 8.13. The molecule has 1 aliphatic rings.